The molecule has 3 aliphatic rings. The third kappa shape index (κ3) is 6.35. The van der Waals surface area contributed by atoms with E-state index in [1.807, 2.05) is 4.90 Å². The number of hydrogen-bond acceptors (Lipinski definition) is 4. The minimum atomic E-state index is -4.93. The fourth-order valence-electron chi connectivity index (χ4n) is 4.90. The average Bonchev–Trinajstić information content (AvgIpc) is 3.57. The van der Waals surface area contributed by atoms with Gasteiger partial charge in [-0.05, 0) is 56.6 Å². The second kappa shape index (κ2) is 10.4. The predicted octanol–water partition coefficient (Wildman–Crippen LogP) is 4.49. The molecule has 0 bridgehead atoms. The third-order valence-corrected chi connectivity index (χ3v) is 7.68. The molecule has 8 nitrogen and oxygen atoms in total. The maximum Gasteiger partial charge on any atom is 0.573 e. The number of benzene rings is 1. The van der Waals surface area contributed by atoms with Gasteiger partial charge in [0.25, 0.3) is 0 Å². The van der Waals surface area contributed by atoms with E-state index < -0.39 is 24.2 Å². The number of likely N-dealkylation sites (tertiary alicyclic amines) is 1. The quantitative estimate of drug-likeness (QED) is 0.588. The van der Waals surface area contributed by atoms with Crippen LogP contribution in [0.4, 0.5) is 23.7 Å². The molecular weight excluding hydrogens is 501 g/mol. The van der Waals surface area contributed by atoms with Gasteiger partial charge in [-0.1, -0.05) is 11.6 Å². The first-order chi connectivity index (χ1) is 17.0. The van der Waals surface area contributed by atoms with Crippen LogP contribution < -0.4 is 10.1 Å². The Morgan fingerprint density at radius 2 is 1.83 bits per heavy atom. The third-order valence-electron chi connectivity index (χ3n) is 7.37. The minimum absolute atomic E-state index is 0.0505. The molecule has 2 saturated heterocycles. The molecule has 3 fully saturated rings. The molecular formula is C24H30ClF3N4O4. The summed E-state index contributed by atoms with van der Waals surface area (Å²) in [5.41, 5.74) is 0.562. The maximum atomic E-state index is 12.9. The van der Waals surface area contributed by atoms with Crippen LogP contribution in [0.3, 0.4) is 0 Å². The number of piperazine rings is 1. The van der Waals surface area contributed by atoms with Gasteiger partial charge in [-0.3, -0.25) is 9.59 Å². The smallest absolute Gasteiger partial charge is 0.404 e. The fraction of sp³-hybridized carbons (Fsp3) is 0.625. The molecule has 0 radical (unpaired) electrons. The Morgan fingerprint density at radius 3 is 2.47 bits per heavy atom. The summed E-state index contributed by atoms with van der Waals surface area (Å²) in [6.45, 7) is 4.22. The molecule has 1 aromatic carbocycles. The normalized spacial score (nSPS) is 21.5. The van der Waals surface area contributed by atoms with Crippen LogP contribution in [0.2, 0.25) is 5.02 Å². The van der Waals surface area contributed by atoms with E-state index in [0.29, 0.717) is 31.3 Å². The van der Waals surface area contributed by atoms with E-state index in [9.17, 15) is 27.6 Å². The van der Waals surface area contributed by atoms with Crippen molar-refractivity contribution in [3.63, 3.8) is 0 Å². The summed E-state index contributed by atoms with van der Waals surface area (Å²) in [7, 11) is 0. The summed E-state index contributed by atoms with van der Waals surface area (Å²) in [5.74, 6) is -0.752. The Hall–Kier alpha value is -2.69. The van der Waals surface area contributed by atoms with Crippen molar-refractivity contribution in [3.05, 3.63) is 23.2 Å². The molecule has 1 atom stereocenters. The molecule has 4 rings (SSSR count). The minimum Gasteiger partial charge on any atom is -0.404 e. The number of rotatable bonds is 6. The number of hydrogen-bond donors (Lipinski definition) is 1. The number of urea groups is 1. The molecule has 1 spiro atoms. The molecule has 1 aromatic rings. The first-order valence-corrected chi connectivity index (χ1v) is 12.5. The molecule has 0 aromatic heterocycles. The van der Waals surface area contributed by atoms with Crippen molar-refractivity contribution in [2.24, 2.45) is 5.41 Å². The van der Waals surface area contributed by atoms with Crippen molar-refractivity contribution in [2.45, 2.75) is 57.9 Å². The molecule has 1 aliphatic carbocycles. The Balaban J connectivity index is 1.24. The second-order valence-electron chi connectivity index (χ2n) is 9.80. The van der Waals surface area contributed by atoms with Crippen molar-refractivity contribution in [2.75, 3.05) is 38.0 Å². The molecule has 4 amide bonds. The van der Waals surface area contributed by atoms with Crippen LogP contribution in [-0.2, 0) is 9.59 Å². The SMILES string of the molecule is CC1C(=O)N(CCCC(=O)N2CCC3(CC2)CC3)CCN1C(=O)Nc1ccc(Cl)c(OC(F)(F)F)c1. The first-order valence-electron chi connectivity index (χ1n) is 12.2. The molecule has 1 saturated carbocycles. The van der Waals surface area contributed by atoms with E-state index in [2.05, 4.69) is 10.1 Å². The van der Waals surface area contributed by atoms with E-state index in [4.69, 9.17) is 11.6 Å². The molecule has 12 heteroatoms. The Kier molecular flexibility index (Phi) is 7.59. The Morgan fingerprint density at radius 1 is 1.14 bits per heavy atom. The lowest BCUT2D eigenvalue weighted by Gasteiger charge is -2.39. The van der Waals surface area contributed by atoms with Crippen LogP contribution in [0.25, 0.3) is 0 Å². The van der Waals surface area contributed by atoms with Crippen molar-refractivity contribution >= 4 is 35.1 Å². The molecule has 1 unspecified atom stereocenters. The monoisotopic (exact) mass is 530 g/mol. The number of piperidine rings is 1. The van der Waals surface area contributed by atoms with Crippen LogP contribution in [0, 0.1) is 5.41 Å². The summed E-state index contributed by atoms with van der Waals surface area (Å²) in [6, 6.07) is 2.12. The number of alkyl halides is 3. The first kappa shape index (κ1) is 26.4. The highest BCUT2D eigenvalue weighted by atomic mass is 35.5. The summed E-state index contributed by atoms with van der Waals surface area (Å²) in [4.78, 5) is 43.0. The number of carbonyl (C=O) groups excluding carboxylic acids is 3. The fourth-order valence-corrected chi connectivity index (χ4v) is 5.05. The molecule has 198 valence electrons. The highest BCUT2D eigenvalue weighted by Gasteiger charge is 2.45. The van der Waals surface area contributed by atoms with Gasteiger partial charge in [0.05, 0.1) is 5.02 Å². The van der Waals surface area contributed by atoms with E-state index in [1.165, 1.54) is 29.9 Å². The molecule has 2 heterocycles. The van der Waals surface area contributed by atoms with Crippen molar-refractivity contribution in [3.8, 4) is 5.75 Å². The predicted molar refractivity (Wildman–Crippen MR) is 127 cm³/mol. The number of carbonyl (C=O) groups is 3. The van der Waals surface area contributed by atoms with Crippen LogP contribution in [0.5, 0.6) is 5.75 Å². The van der Waals surface area contributed by atoms with Gasteiger partial charge in [0, 0.05) is 50.9 Å². The van der Waals surface area contributed by atoms with Gasteiger partial charge < -0.3 is 24.8 Å². The van der Waals surface area contributed by atoms with Gasteiger partial charge in [0.1, 0.15) is 11.8 Å². The highest BCUT2D eigenvalue weighted by Crippen LogP contribution is 2.53. The highest BCUT2D eigenvalue weighted by molar-refractivity contribution is 6.32. The lowest BCUT2D eigenvalue weighted by atomic mass is 9.93. The number of amides is 4. The number of ether oxygens (including phenoxy) is 1. The van der Waals surface area contributed by atoms with Crippen molar-refractivity contribution in [1.82, 2.24) is 14.7 Å². The summed E-state index contributed by atoms with van der Waals surface area (Å²) < 4.78 is 41.5. The zero-order valence-electron chi connectivity index (χ0n) is 20.1. The molecule has 2 aliphatic heterocycles. The molecule has 1 N–H and O–H groups in total. The average molecular weight is 531 g/mol. The van der Waals surface area contributed by atoms with Gasteiger partial charge in [-0.2, -0.15) is 0 Å². The van der Waals surface area contributed by atoms with E-state index in [-0.39, 0.29) is 29.1 Å². The van der Waals surface area contributed by atoms with Gasteiger partial charge >= 0.3 is 12.4 Å². The molecule has 36 heavy (non-hydrogen) atoms. The number of nitrogens with zero attached hydrogens (tertiary/aromatic N) is 3. The van der Waals surface area contributed by atoms with Crippen molar-refractivity contribution in [1.29, 1.82) is 0 Å². The van der Waals surface area contributed by atoms with E-state index in [0.717, 1.165) is 32.0 Å². The standard InChI is InChI=1S/C24H30ClF3N4O4/c1-16-21(34)31(10-2-3-20(33)30-11-8-23(6-7-23)9-12-30)13-14-32(16)22(35)29-17-4-5-18(25)19(15-17)36-24(26,27)28/h4-5,15-16H,2-3,6-14H2,1H3,(H,29,35). The van der Waals surface area contributed by atoms with Gasteiger partial charge in [-0.25, -0.2) is 4.79 Å². The van der Waals surface area contributed by atoms with Crippen molar-refractivity contribution < 1.29 is 32.3 Å². The van der Waals surface area contributed by atoms with Gasteiger partial charge in [0.15, 0.2) is 0 Å². The maximum absolute atomic E-state index is 12.9. The lowest BCUT2D eigenvalue weighted by Crippen LogP contribution is -2.58. The summed E-state index contributed by atoms with van der Waals surface area (Å²) in [5, 5.41) is 2.24. The van der Waals surface area contributed by atoms with E-state index >= 15 is 0 Å². The van der Waals surface area contributed by atoms with Gasteiger partial charge in [-0.15, -0.1) is 13.2 Å². The Bertz CT molecular complexity index is 1010. The zero-order chi connectivity index (χ0) is 26.1. The second-order valence-corrected chi connectivity index (χ2v) is 10.2. The summed E-state index contributed by atoms with van der Waals surface area (Å²) >= 11 is 5.74. The zero-order valence-corrected chi connectivity index (χ0v) is 20.8. The number of anilines is 1. The topological polar surface area (TPSA) is 82.2 Å². The van der Waals surface area contributed by atoms with Crippen LogP contribution >= 0.6 is 11.6 Å². The van der Waals surface area contributed by atoms with E-state index in [1.54, 1.807) is 11.8 Å². The number of nitrogens with one attached hydrogen (secondary N) is 1. The van der Waals surface area contributed by atoms with Gasteiger partial charge in [0.2, 0.25) is 11.8 Å². The largest absolute Gasteiger partial charge is 0.573 e. The Labute approximate surface area is 212 Å². The van der Waals surface area contributed by atoms with Crippen LogP contribution in [0.15, 0.2) is 18.2 Å². The van der Waals surface area contributed by atoms with Crippen LogP contribution in [0.1, 0.15) is 45.4 Å². The summed E-state index contributed by atoms with van der Waals surface area (Å²) in [6.07, 6.45) is 0.753. The van der Waals surface area contributed by atoms with Crippen LogP contribution in [-0.4, -0.2) is 77.7 Å². The lowest BCUT2D eigenvalue weighted by molar-refractivity contribution is -0.274. The number of halogens is 4.